The van der Waals surface area contributed by atoms with Crippen molar-refractivity contribution < 1.29 is 19.4 Å². The van der Waals surface area contributed by atoms with Gasteiger partial charge in [0.15, 0.2) is 0 Å². The van der Waals surface area contributed by atoms with Crippen LogP contribution in [0.5, 0.6) is 0 Å². The minimum Gasteiger partial charge on any atom is -0.478 e. The van der Waals surface area contributed by atoms with Gasteiger partial charge in [0, 0.05) is 38.2 Å². The highest BCUT2D eigenvalue weighted by Crippen LogP contribution is 2.11. The number of piperazine rings is 1. The van der Waals surface area contributed by atoms with Crippen molar-refractivity contribution in [2.75, 3.05) is 39.8 Å². The topological polar surface area (TPSA) is 70.1 Å². The average Bonchev–Trinajstić information content (AvgIpc) is 2.55. The van der Waals surface area contributed by atoms with Gasteiger partial charge in [0.1, 0.15) is 6.61 Å². The van der Waals surface area contributed by atoms with E-state index in [4.69, 9.17) is 9.84 Å². The van der Waals surface area contributed by atoms with Gasteiger partial charge in [-0.3, -0.25) is 4.79 Å². The number of hydrogen-bond donors (Lipinski definition) is 1. The summed E-state index contributed by atoms with van der Waals surface area (Å²) in [5.74, 6) is -1.29. The molecule has 1 N–H and O–H groups in total. The Morgan fingerprint density at radius 3 is 2.57 bits per heavy atom. The zero-order valence-electron chi connectivity index (χ0n) is 13.5. The van der Waals surface area contributed by atoms with Crippen molar-refractivity contribution in [3.8, 4) is 0 Å². The zero-order chi connectivity index (χ0) is 16.7. The monoisotopic (exact) mass is 320 g/mol. The Balaban J connectivity index is 1.68. The predicted octanol–water partition coefficient (Wildman–Crippen LogP) is 1.46. The number of nitrogens with zero attached hydrogens (tertiary/aromatic N) is 2. The molecule has 1 aliphatic rings. The second kappa shape index (κ2) is 8.64. The highest BCUT2D eigenvalue weighted by molar-refractivity contribution is 5.89. The first kappa shape index (κ1) is 17.4. The van der Waals surface area contributed by atoms with Crippen LogP contribution >= 0.6 is 0 Å². The lowest BCUT2D eigenvalue weighted by molar-refractivity contribution is -0.145. The smallest absolute Gasteiger partial charge is 0.336 e. The Bertz CT molecular complexity index is 539. The van der Waals surface area contributed by atoms with Crippen molar-refractivity contribution >= 4 is 11.9 Å². The van der Waals surface area contributed by atoms with Gasteiger partial charge in [0.2, 0.25) is 0 Å². The van der Waals surface area contributed by atoms with E-state index in [-0.39, 0.29) is 18.1 Å². The third-order valence-electron chi connectivity index (χ3n) is 4.09. The minimum atomic E-state index is -1.01. The quantitative estimate of drug-likeness (QED) is 0.767. The van der Waals surface area contributed by atoms with Gasteiger partial charge in [-0.2, -0.15) is 0 Å². The van der Waals surface area contributed by atoms with Crippen LogP contribution in [0.3, 0.4) is 0 Å². The number of ether oxygens (including phenoxy) is 1. The van der Waals surface area contributed by atoms with E-state index in [1.165, 1.54) is 6.07 Å². The molecule has 0 bridgehead atoms. The van der Waals surface area contributed by atoms with Crippen LogP contribution in [-0.4, -0.2) is 66.6 Å². The van der Waals surface area contributed by atoms with Gasteiger partial charge in [-0.15, -0.1) is 0 Å². The highest BCUT2D eigenvalue weighted by atomic mass is 16.5. The molecule has 0 aromatic heterocycles. The molecule has 0 unspecified atom stereocenters. The Hall–Kier alpha value is -1.92. The molecule has 1 heterocycles. The molecule has 1 aromatic rings. The number of rotatable bonds is 7. The van der Waals surface area contributed by atoms with Crippen molar-refractivity contribution in [3.63, 3.8) is 0 Å². The summed E-state index contributed by atoms with van der Waals surface area (Å²) in [6, 6.07) is 6.58. The molecular formula is C17H24N2O4. The van der Waals surface area contributed by atoms with Crippen molar-refractivity contribution in [3.05, 3.63) is 35.4 Å². The molecule has 23 heavy (non-hydrogen) atoms. The fraction of sp³-hybridized carbons (Fsp3) is 0.529. The van der Waals surface area contributed by atoms with E-state index in [1.54, 1.807) is 18.2 Å². The Morgan fingerprint density at radius 1 is 1.17 bits per heavy atom. The maximum atomic E-state index is 11.8. The van der Waals surface area contributed by atoms with Crippen LogP contribution in [0.4, 0.5) is 0 Å². The molecule has 1 saturated heterocycles. The van der Waals surface area contributed by atoms with E-state index in [2.05, 4.69) is 16.8 Å². The Kier molecular flexibility index (Phi) is 6.55. The number of carboxylic acids is 1. The molecule has 0 saturated carbocycles. The third kappa shape index (κ3) is 5.65. The van der Waals surface area contributed by atoms with E-state index in [0.717, 1.165) is 39.1 Å². The van der Waals surface area contributed by atoms with Gasteiger partial charge in [-0.05, 0) is 26.1 Å². The fourth-order valence-electron chi connectivity index (χ4n) is 2.60. The molecule has 6 nitrogen and oxygen atoms in total. The summed E-state index contributed by atoms with van der Waals surface area (Å²) in [4.78, 5) is 27.5. The number of carbonyl (C=O) groups excluding carboxylic acids is 1. The Morgan fingerprint density at radius 2 is 1.87 bits per heavy atom. The van der Waals surface area contributed by atoms with Crippen LogP contribution in [0.25, 0.3) is 0 Å². The lowest BCUT2D eigenvalue weighted by Gasteiger charge is -2.32. The summed E-state index contributed by atoms with van der Waals surface area (Å²) in [5.41, 5.74) is 0.699. The summed E-state index contributed by atoms with van der Waals surface area (Å²) in [5, 5.41) is 9.09. The molecule has 126 valence electrons. The first-order valence-electron chi connectivity index (χ1n) is 7.94. The number of carbonyl (C=O) groups is 2. The lowest BCUT2D eigenvalue weighted by Crippen LogP contribution is -2.44. The van der Waals surface area contributed by atoms with Gasteiger partial charge >= 0.3 is 11.9 Å². The molecular weight excluding hydrogens is 296 g/mol. The molecule has 1 fully saturated rings. The summed E-state index contributed by atoms with van der Waals surface area (Å²) in [6.07, 6.45) is 1.13. The largest absolute Gasteiger partial charge is 0.478 e. The Labute approximate surface area is 136 Å². The van der Waals surface area contributed by atoms with Gasteiger partial charge in [-0.1, -0.05) is 18.2 Å². The van der Waals surface area contributed by atoms with Crippen LogP contribution in [0.1, 0.15) is 28.8 Å². The van der Waals surface area contributed by atoms with Crippen molar-refractivity contribution in [2.24, 2.45) is 0 Å². The van der Waals surface area contributed by atoms with Gasteiger partial charge in [0.05, 0.1) is 5.56 Å². The van der Waals surface area contributed by atoms with Crippen LogP contribution in [0, 0.1) is 0 Å². The molecule has 0 spiro atoms. The zero-order valence-corrected chi connectivity index (χ0v) is 13.5. The molecule has 1 aliphatic heterocycles. The number of carboxylic acid groups (broad SMARTS) is 1. The fourth-order valence-corrected chi connectivity index (χ4v) is 2.60. The number of esters is 1. The molecule has 0 amide bonds. The summed E-state index contributed by atoms with van der Waals surface area (Å²) >= 11 is 0. The SMILES string of the molecule is CN1CCN(CCCC(=O)OCc2ccccc2C(=O)O)CC1. The third-order valence-corrected chi connectivity index (χ3v) is 4.09. The minimum absolute atomic E-state index is 0.00974. The van der Waals surface area contributed by atoms with E-state index < -0.39 is 5.97 Å². The van der Waals surface area contributed by atoms with Gasteiger partial charge in [-0.25, -0.2) is 4.79 Å². The molecule has 1 aromatic carbocycles. The van der Waals surface area contributed by atoms with Crippen LogP contribution in [0.2, 0.25) is 0 Å². The number of hydrogen-bond acceptors (Lipinski definition) is 5. The maximum Gasteiger partial charge on any atom is 0.336 e. The van der Waals surface area contributed by atoms with E-state index >= 15 is 0 Å². The first-order chi connectivity index (χ1) is 11.1. The second-order valence-corrected chi connectivity index (χ2v) is 5.87. The summed E-state index contributed by atoms with van der Waals surface area (Å²) in [7, 11) is 2.11. The second-order valence-electron chi connectivity index (χ2n) is 5.87. The van der Waals surface area contributed by atoms with Crippen LogP contribution in [0.15, 0.2) is 24.3 Å². The standard InChI is InChI=1S/C17H24N2O4/c1-18-9-11-19(12-10-18)8-4-7-16(20)23-13-14-5-2-3-6-15(14)17(21)22/h2-3,5-6H,4,7-13H2,1H3,(H,21,22). The normalized spacial score (nSPS) is 16.2. The van der Waals surface area contributed by atoms with Gasteiger partial charge < -0.3 is 19.6 Å². The van der Waals surface area contributed by atoms with Crippen LogP contribution < -0.4 is 0 Å². The molecule has 0 aliphatic carbocycles. The van der Waals surface area contributed by atoms with E-state index in [9.17, 15) is 9.59 Å². The number of benzene rings is 1. The van der Waals surface area contributed by atoms with Crippen LogP contribution in [-0.2, 0) is 16.1 Å². The molecule has 2 rings (SSSR count). The van der Waals surface area contributed by atoms with Crippen molar-refractivity contribution in [1.82, 2.24) is 9.80 Å². The lowest BCUT2D eigenvalue weighted by atomic mass is 10.1. The predicted molar refractivity (Wildman–Crippen MR) is 86.4 cm³/mol. The van der Waals surface area contributed by atoms with E-state index in [0.29, 0.717) is 12.0 Å². The van der Waals surface area contributed by atoms with Crippen molar-refractivity contribution in [1.29, 1.82) is 0 Å². The van der Waals surface area contributed by atoms with Gasteiger partial charge in [0.25, 0.3) is 0 Å². The van der Waals surface area contributed by atoms with E-state index in [1.807, 2.05) is 0 Å². The first-order valence-corrected chi connectivity index (χ1v) is 7.94. The molecule has 6 heteroatoms. The summed E-state index contributed by atoms with van der Waals surface area (Å²) in [6.45, 7) is 5.12. The number of aromatic carboxylic acids is 1. The highest BCUT2D eigenvalue weighted by Gasteiger charge is 2.14. The number of likely N-dealkylation sites (N-methyl/N-ethyl adjacent to an activating group) is 1. The summed E-state index contributed by atoms with van der Waals surface area (Å²) < 4.78 is 5.20. The average molecular weight is 320 g/mol. The van der Waals surface area contributed by atoms with Crippen molar-refractivity contribution in [2.45, 2.75) is 19.4 Å². The molecule has 0 atom stereocenters. The maximum absolute atomic E-state index is 11.8. The molecule has 0 radical (unpaired) electrons.